The van der Waals surface area contributed by atoms with Crippen LogP contribution in [-0.2, 0) is 26.2 Å². The molecule has 7 nitrogen and oxygen atoms in total. The average Bonchev–Trinajstić information content (AvgIpc) is 3.24. The predicted octanol–water partition coefficient (Wildman–Crippen LogP) is 2.93. The van der Waals surface area contributed by atoms with Crippen LogP contribution in [0.5, 0.6) is 11.5 Å². The fraction of sp³-hybridized carbons (Fsp3) is 0.467. The number of rotatable bonds is 3. The number of ether oxygens (including phenoxy) is 3. The number of piperidine rings is 1. The lowest BCUT2D eigenvalue weighted by molar-refractivity contribution is -0.220. The van der Waals surface area contributed by atoms with Crippen LogP contribution in [-0.4, -0.2) is 73.2 Å². The molecule has 2 aliphatic carbocycles. The van der Waals surface area contributed by atoms with Crippen molar-refractivity contribution in [1.29, 1.82) is 0 Å². The van der Waals surface area contributed by atoms with Gasteiger partial charge in [-0.3, -0.25) is 14.5 Å². The quantitative estimate of drug-likeness (QED) is 0.477. The number of esters is 1. The van der Waals surface area contributed by atoms with Gasteiger partial charge in [-0.2, -0.15) is 0 Å². The van der Waals surface area contributed by atoms with Gasteiger partial charge in [0, 0.05) is 31.0 Å². The highest BCUT2D eigenvalue weighted by Crippen LogP contribution is 2.67. The van der Waals surface area contributed by atoms with E-state index in [0.717, 1.165) is 36.3 Å². The summed E-state index contributed by atoms with van der Waals surface area (Å²) < 4.78 is 19.0. The zero-order valence-electron chi connectivity index (χ0n) is 21.7. The maximum atomic E-state index is 13.3. The summed E-state index contributed by atoms with van der Waals surface area (Å²) in [6.45, 7) is 2.34. The molecule has 1 amide bonds. The number of carbonyl (C=O) groups excluding carboxylic acids is 2. The van der Waals surface area contributed by atoms with E-state index in [-0.39, 0.29) is 30.1 Å². The van der Waals surface area contributed by atoms with Gasteiger partial charge in [0.1, 0.15) is 11.7 Å². The minimum absolute atomic E-state index is 0.0305. The highest BCUT2D eigenvalue weighted by atomic mass is 16.6. The highest BCUT2D eigenvalue weighted by molar-refractivity contribution is 5.94. The third-order valence-electron chi connectivity index (χ3n) is 9.09. The maximum Gasteiger partial charge on any atom is 0.303 e. The Labute approximate surface area is 217 Å². The lowest BCUT2D eigenvalue weighted by Gasteiger charge is -2.65. The molecule has 0 radical (unpaired) electrons. The van der Waals surface area contributed by atoms with Crippen LogP contribution in [0.25, 0.3) is 0 Å². The molecule has 0 aromatic heterocycles. The summed E-state index contributed by atoms with van der Waals surface area (Å²) in [5, 5.41) is 0. The van der Waals surface area contributed by atoms with E-state index in [1.54, 1.807) is 12.0 Å². The third kappa shape index (κ3) is 3.25. The van der Waals surface area contributed by atoms with Crippen LogP contribution in [0.15, 0.2) is 42.5 Å². The Hall–Kier alpha value is -3.50. The number of benzene rings is 2. The van der Waals surface area contributed by atoms with E-state index >= 15 is 0 Å². The molecule has 6 rings (SSSR count). The minimum Gasteiger partial charge on any atom is -0.493 e. The summed E-state index contributed by atoms with van der Waals surface area (Å²) in [4.78, 5) is 30.0. The Morgan fingerprint density at radius 3 is 2.68 bits per heavy atom. The summed E-state index contributed by atoms with van der Waals surface area (Å²) in [7, 11) is 5.57. The zero-order chi connectivity index (χ0) is 25.9. The lowest BCUT2D eigenvalue weighted by atomic mass is 9.48. The fourth-order valence-corrected chi connectivity index (χ4v) is 7.59. The maximum absolute atomic E-state index is 13.3. The number of methoxy groups -OCH3 is 1. The summed E-state index contributed by atoms with van der Waals surface area (Å²) in [5.74, 6) is 6.68. The van der Waals surface area contributed by atoms with E-state index in [2.05, 4.69) is 29.9 Å². The number of hydrogen-bond acceptors (Lipinski definition) is 6. The molecule has 1 saturated heterocycles. The van der Waals surface area contributed by atoms with E-state index in [9.17, 15) is 9.59 Å². The normalized spacial score (nSPS) is 30.8. The zero-order valence-corrected chi connectivity index (χ0v) is 21.7. The lowest BCUT2D eigenvalue weighted by Crippen LogP contribution is -2.78. The van der Waals surface area contributed by atoms with Gasteiger partial charge >= 0.3 is 5.97 Å². The molecule has 2 aromatic rings. The van der Waals surface area contributed by atoms with E-state index < -0.39 is 11.0 Å². The molecular formula is C30H32N2O5. The molecule has 37 heavy (non-hydrogen) atoms. The molecule has 5 atom stereocenters. The second kappa shape index (κ2) is 8.53. The van der Waals surface area contributed by atoms with Crippen LogP contribution in [0.3, 0.4) is 0 Å². The van der Waals surface area contributed by atoms with Crippen molar-refractivity contribution in [3.05, 3.63) is 59.2 Å². The Morgan fingerprint density at radius 2 is 1.95 bits per heavy atom. The van der Waals surface area contributed by atoms with Gasteiger partial charge in [0.05, 0.1) is 24.6 Å². The van der Waals surface area contributed by atoms with Crippen LogP contribution in [0.1, 0.15) is 42.9 Å². The van der Waals surface area contributed by atoms with E-state index in [1.807, 2.05) is 43.4 Å². The van der Waals surface area contributed by atoms with Gasteiger partial charge in [-0.05, 0) is 63.0 Å². The second-order valence-electron chi connectivity index (χ2n) is 10.7. The summed E-state index contributed by atoms with van der Waals surface area (Å²) in [6, 6.07) is 13.4. The van der Waals surface area contributed by atoms with Crippen molar-refractivity contribution in [1.82, 2.24) is 9.80 Å². The first-order valence-electron chi connectivity index (χ1n) is 12.9. The standard InChI is InChI=1S/C30H32N2O5/c1-19(33)37-30-15-14-22(32(3)25(34)13-10-20-8-6-5-7-9-20)28-29(30)16-17-31(2)24(30)18-21-11-12-23(35-4)27(36-28)26(21)29/h5-9,11-12,22,24,28H,14-18H2,1-4H3/t22-,24+,28-,29-,30+/m0/s1. The van der Waals surface area contributed by atoms with E-state index in [0.29, 0.717) is 18.6 Å². The Balaban J connectivity index is 1.46. The van der Waals surface area contributed by atoms with Crippen LogP contribution < -0.4 is 9.47 Å². The van der Waals surface area contributed by atoms with Gasteiger partial charge in [0.15, 0.2) is 11.5 Å². The average molecular weight is 501 g/mol. The summed E-state index contributed by atoms with van der Waals surface area (Å²) in [5.41, 5.74) is 1.79. The first kappa shape index (κ1) is 23.9. The van der Waals surface area contributed by atoms with Gasteiger partial charge in [0.2, 0.25) is 0 Å². The molecule has 1 saturated carbocycles. The SMILES string of the molecule is COc1ccc2c3c1O[C@H]1[C@@H](N(C)C(=O)C#Cc4ccccc4)CC[C@@]4(OC(C)=O)[C@@H](C2)N(C)CC[C@]314. The molecule has 2 fully saturated rings. The number of carbonyl (C=O) groups is 2. The van der Waals surface area contributed by atoms with Crippen molar-refractivity contribution in [2.45, 2.75) is 61.8 Å². The fourth-order valence-electron chi connectivity index (χ4n) is 7.59. The van der Waals surface area contributed by atoms with Crippen LogP contribution in [0, 0.1) is 11.8 Å². The predicted molar refractivity (Wildman–Crippen MR) is 137 cm³/mol. The summed E-state index contributed by atoms with van der Waals surface area (Å²) in [6.07, 6.45) is 2.45. The number of hydrogen-bond donors (Lipinski definition) is 0. The monoisotopic (exact) mass is 500 g/mol. The topological polar surface area (TPSA) is 68.3 Å². The molecule has 7 heteroatoms. The Kier molecular flexibility index (Phi) is 5.50. The van der Waals surface area contributed by atoms with Crippen molar-refractivity contribution < 1.29 is 23.8 Å². The highest BCUT2D eigenvalue weighted by Gasteiger charge is 2.75. The van der Waals surface area contributed by atoms with E-state index in [4.69, 9.17) is 14.2 Å². The van der Waals surface area contributed by atoms with Crippen LogP contribution in [0.2, 0.25) is 0 Å². The first-order valence-corrected chi connectivity index (χ1v) is 12.9. The molecule has 192 valence electrons. The smallest absolute Gasteiger partial charge is 0.303 e. The number of nitrogens with zero attached hydrogens (tertiary/aromatic N) is 2. The largest absolute Gasteiger partial charge is 0.493 e. The van der Waals surface area contributed by atoms with Crippen molar-refractivity contribution in [2.24, 2.45) is 0 Å². The van der Waals surface area contributed by atoms with Gasteiger partial charge in [-0.15, -0.1) is 0 Å². The minimum atomic E-state index is -0.739. The molecule has 2 aromatic carbocycles. The number of likely N-dealkylation sites (tertiary alicyclic amines) is 1. The molecule has 2 aliphatic heterocycles. The number of likely N-dealkylation sites (N-methyl/N-ethyl adjacent to an activating group) is 2. The third-order valence-corrected chi connectivity index (χ3v) is 9.09. The van der Waals surface area contributed by atoms with Crippen LogP contribution >= 0.6 is 0 Å². The van der Waals surface area contributed by atoms with Crippen molar-refractivity contribution in [3.8, 4) is 23.3 Å². The Morgan fingerprint density at radius 1 is 1.16 bits per heavy atom. The number of amides is 1. The van der Waals surface area contributed by atoms with Gasteiger partial charge < -0.3 is 19.1 Å². The summed E-state index contributed by atoms with van der Waals surface area (Å²) >= 11 is 0. The van der Waals surface area contributed by atoms with Gasteiger partial charge in [-0.25, -0.2) is 0 Å². The molecule has 2 heterocycles. The van der Waals surface area contributed by atoms with Crippen LogP contribution in [0.4, 0.5) is 0 Å². The molecule has 2 bridgehead atoms. The molecule has 4 aliphatic rings. The molecular weight excluding hydrogens is 468 g/mol. The van der Waals surface area contributed by atoms with Crippen molar-refractivity contribution in [3.63, 3.8) is 0 Å². The second-order valence-corrected chi connectivity index (χ2v) is 10.7. The van der Waals surface area contributed by atoms with Crippen molar-refractivity contribution in [2.75, 3.05) is 27.7 Å². The molecule has 1 spiro atoms. The Bertz CT molecular complexity index is 1330. The first-order chi connectivity index (χ1) is 17.8. The van der Waals surface area contributed by atoms with Crippen molar-refractivity contribution >= 4 is 11.9 Å². The molecule has 0 N–H and O–H groups in total. The van der Waals surface area contributed by atoms with Gasteiger partial charge in [-0.1, -0.05) is 30.2 Å². The molecule has 0 unspecified atom stereocenters. The van der Waals surface area contributed by atoms with E-state index in [1.165, 1.54) is 12.5 Å². The van der Waals surface area contributed by atoms with Gasteiger partial charge in [0.25, 0.3) is 5.91 Å².